The molecule has 2 atom stereocenters. The molecule has 0 bridgehead atoms. The summed E-state index contributed by atoms with van der Waals surface area (Å²) in [6, 6.07) is 9.40. The molecule has 2 aromatic rings. The van der Waals surface area contributed by atoms with Gasteiger partial charge in [0.05, 0.1) is 12.1 Å². The maximum atomic E-state index is 13.1. The van der Waals surface area contributed by atoms with Crippen LogP contribution < -0.4 is 10.2 Å². The monoisotopic (exact) mass is 316 g/mol. The number of aliphatic hydroxyl groups is 1. The molecule has 120 valence electrons. The van der Waals surface area contributed by atoms with Crippen LogP contribution in [-0.4, -0.2) is 40.9 Å². The van der Waals surface area contributed by atoms with Gasteiger partial charge in [0.15, 0.2) is 11.5 Å². The van der Waals surface area contributed by atoms with Gasteiger partial charge in [-0.1, -0.05) is 12.1 Å². The van der Waals surface area contributed by atoms with Gasteiger partial charge >= 0.3 is 0 Å². The van der Waals surface area contributed by atoms with Crippen molar-refractivity contribution in [1.82, 2.24) is 15.5 Å². The number of hydrogen-bond donors (Lipinski definition) is 2. The molecule has 6 nitrogen and oxygen atoms in total. The predicted molar refractivity (Wildman–Crippen MR) is 82.5 cm³/mol. The Morgan fingerprint density at radius 3 is 2.61 bits per heavy atom. The lowest BCUT2D eigenvalue weighted by molar-refractivity contribution is 0.0957. The molecular formula is C16H17FN4O2. The summed E-state index contributed by atoms with van der Waals surface area (Å²) in [6.07, 6.45) is 0.0373. The Balaban J connectivity index is 1.87. The molecule has 23 heavy (non-hydrogen) atoms. The van der Waals surface area contributed by atoms with Crippen LogP contribution in [0.5, 0.6) is 0 Å². The van der Waals surface area contributed by atoms with Crippen molar-refractivity contribution in [3.63, 3.8) is 0 Å². The van der Waals surface area contributed by atoms with Crippen LogP contribution in [0.4, 0.5) is 10.2 Å². The summed E-state index contributed by atoms with van der Waals surface area (Å²) >= 11 is 0. The second-order valence-corrected chi connectivity index (χ2v) is 5.47. The molecule has 1 aromatic carbocycles. The first-order chi connectivity index (χ1) is 11.1. The third kappa shape index (κ3) is 3.14. The maximum Gasteiger partial charge on any atom is 0.271 e. The first-order valence-corrected chi connectivity index (χ1v) is 7.34. The number of carbonyl (C=O) groups excluding carboxylic acids is 1. The van der Waals surface area contributed by atoms with E-state index in [2.05, 4.69) is 15.5 Å². The van der Waals surface area contributed by atoms with E-state index in [1.54, 1.807) is 24.3 Å². The van der Waals surface area contributed by atoms with Crippen molar-refractivity contribution >= 4 is 11.7 Å². The van der Waals surface area contributed by atoms with Crippen LogP contribution in [0.15, 0.2) is 36.4 Å². The van der Waals surface area contributed by atoms with Crippen molar-refractivity contribution in [3.8, 4) is 0 Å². The van der Waals surface area contributed by atoms with Crippen molar-refractivity contribution in [3.05, 3.63) is 53.5 Å². The maximum absolute atomic E-state index is 13.1. The molecule has 3 rings (SSSR count). The minimum atomic E-state index is -0.495. The number of benzene rings is 1. The summed E-state index contributed by atoms with van der Waals surface area (Å²) in [4.78, 5) is 13.4. The topological polar surface area (TPSA) is 78.4 Å². The Morgan fingerprint density at radius 1 is 1.26 bits per heavy atom. The molecule has 1 aromatic heterocycles. The fourth-order valence-electron chi connectivity index (χ4n) is 2.80. The molecule has 1 aliphatic heterocycles. The van der Waals surface area contributed by atoms with Crippen LogP contribution in [0.1, 0.15) is 28.5 Å². The van der Waals surface area contributed by atoms with E-state index in [0.717, 1.165) is 5.56 Å². The standard InChI is InChI=1S/C16H17FN4O2/c1-18-16(23)13-6-7-15(20-19-13)21-9-12(22)8-14(21)10-2-4-11(17)5-3-10/h2-7,12,14,22H,8-9H2,1H3,(H,18,23)/t12-,14+/m1/s1. The van der Waals surface area contributed by atoms with Gasteiger partial charge in [-0.2, -0.15) is 0 Å². The number of nitrogens with one attached hydrogen (secondary N) is 1. The summed E-state index contributed by atoms with van der Waals surface area (Å²) in [6.45, 7) is 0.413. The van der Waals surface area contributed by atoms with Crippen LogP contribution in [-0.2, 0) is 0 Å². The Bertz CT molecular complexity index is 690. The lowest BCUT2D eigenvalue weighted by atomic mass is 10.0. The number of β-amino-alcohol motifs (C(OH)–C–C–N with tert-alkyl or cyclic N) is 1. The van der Waals surface area contributed by atoms with E-state index in [1.807, 2.05) is 4.90 Å². The highest BCUT2D eigenvalue weighted by Gasteiger charge is 2.33. The molecule has 7 heteroatoms. The number of nitrogens with zero attached hydrogens (tertiary/aromatic N) is 3. The van der Waals surface area contributed by atoms with Crippen molar-refractivity contribution < 1.29 is 14.3 Å². The van der Waals surface area contributed by atoms with Crippen LogP contribution in [0.25, 0.3) is 0 Å². The minimum Gasteiger partial charge on any atom is -0.391 e. The Morgan fingerprint density at radius 2 is 2.00 bits per heavy atom. The number of carbonyl (C=O) groups is 1. The largest absolute Gasteiger partial charge is 0.391 e. The summed E-state index contributed by atoms with van der Waals surface area (Å²) in [5, 5.41) is 20.5. The highest BCUT2D eigenvalue weighted by molar-refractivity contribution is 5.91. The molecule has 0 radical (unpaired) electrons. The number of rotatable bonds is 3. The zero-order chi connectivity index (χ0) is 16.4. The van der Waals surface area contributed by atoms with Crippen LogP contribution in [0.3, 0.4) is 0 Å². The van der Waals surface area contributed by atoms with Gasteiger partial charge in [-0.25, -0.2) is 4.39 Å². The predicted octanol–water partition coefficient (Wildman–Crippen LogP) is 1.29. The molecule has 0 aliphatic carbocycles. The van der Waals surface area contributed by atoms with Gasteiger partial charge in [-0.05, 0) is 36.2 Å². The van der Waals surface area contributed by atoms with Gasteiger partial charge in [0.1, 0.15) is 5.82 Å². The number of anilines is 1. The molecule has 2 N–H and O–H groups in total. The van der Waals surface area contributed by atoms with Gasteiger partial charge in [0, 0.05) is 13.6 Å². The molecule has 1 amide bonds. The quantitative estimate of drug-likeness (QED) is 0.892. The average molecular weight is 316 g/mol. The minimum absolute atomic E-state index is 0.106. The summed E-state index contributed by atoms with van der Waals surface area (Å²) < 4.78 is 13.1. The van der Waals surface area contributed by atoms with E-state index >= 15 is 0 Å². The van der Waals surface area contributed by atoms with Gasteiger partial charge in [0.25, 0.3) is 5.91 Å². The van der Waals surface area contributed by atoms with E-state index in [0.29, 0.717) is 18.8 Å². The Labute approximate surface area is 133 Å². The van der Waals surface area contributed by atoms with Gasteiger partial charge in [0.2, 0.25) is 0 Å². The molecule has 1 fully saturated rings. The third-order valence-corrected chi connectivity index (χ3v) is 3.94. The van der Waals surface area contributed by atoms with Crippen LogP contribution >= 0.6 is 0 Å². The molecule has 0 spiro atoms. The van der Waals surface area contributed by atoms with E-state index in [-0.39, 0.29) is 23.5 Å². The van der Waals surface area contributed by atoms with Crippen molar-refractivity contribution in [2.24, 2.45) is 0 Å². The van der Waals surface area contributed by atoms with Crippen LogP contribution in [0.2, 0.25) is 0 Å². The van der Waals surface area contributed by atoms with Gasteiger partial charge < -0.3 is 15.3 Å². The molecule has 2 heterocycles. The van der Waals surface area contributed by atoms with E-state index in [9.17, 15) is 14.3 Å². The number of amides is 1. The number of halogens is 1. The van der Waals surface area contributed by atoms with E-state index < -0.39 is 6.10 Å². The lowest BCUT2D eigenvalue weighted by Crippen LogP contribution is -2.26. The number of hydrogen-bond acceptors (Lipinski definition) is 5. The zero-order valence-electron chi connectivity index (χ0n) is 12.6. The van der Waals surface area contributed by atoms with E-state index in [1.165, 1.54) is 19.2 Å². The summed E-state index contributed by atoms with van der Waals surface area (Å²) in [5.74, 6) is -0.0299. The first-order valence-electron chi connectivity index (χ1n) is 7.34. The molecule has 1 aliphatic rings. The van der Waals surface area contributed by atoms with Crippen molar-refractivity contribution in [1.29, 1.82) is 0 Å². The number of aromatic nitrogens is 2. The number of aliphatic hydroxyl groups excluding tert-OH is 1. The normalized spacial score (nSPS) is 20.6. The molecular weight excluding hydrogens is 299 g/mol. The Hall–Kier alpha value is -2.54. The SMILES string of the molecule is CNC(=O)c1ccc(N2C[C@H](O)C[C@H]2c2ccc(F)cc2)nn1. The zero-order valence-corrected chi connectivity index (χ0v) is 12.6. The lowest BCUT2D eigenvalue weighted by Gasteiger charge is -2.25. The van der Waals surface area contributed by atoms with Gasteiger partial charge in [-0.3, -0.25) is 4.79 Å². The average Bonchev–Trinajstić information content (AvgIpc) is 2.97. The molecule has 0 saturated carbocycles. The highest BCUT2D eigenvalue weighted by Crippen LogP contribution is 2.35. The summed E-state index contributed by atoms with van der Waals surface area (Å²) in [7, 11) is 1.53. The van der Waals surface area contributed by atoms with Gasteiger partial charge in [-0.15, -0.1) is 10.2 Å². The third-order valence-electron chi connectivity index (χ3n) is 3.94. The molecule has 1 saturated heterocycles. The Kier molecular flexibility index (Phi) is 4.20. The van der Waals surface area contributed by atoms with Crippen molar-refractivity contribution in [2.45, 2.75) is 18.6 Å². The summed E-state index contributed by atoms with van der Waals surface area (Å²) in [5.41, 5.74) is 1.13. The first kappa shape index (κ1) is 15.4. The second-order valence-electron chi connectivity index (χ2n) is 5.47. The fourth-order valence-corrected chi connectivity index (χ4v) is 2.80. The smallest absolute Gasteiger partial charge is 0.271 e. The van der Waals surface area contributed by atoms with Crippen molar-refractivity contribution in [2.75, 3.05) is 18.5 Å². The van der Waals surface area contributed by atoms with Crippen LogP contribution in [0, 0.1) is 5.82 Å². The fraction of sp³-hybridized carbons (Fsp3) is 0.312. The second kappa shape index (κ2) is 6.29. The highest BCUT2D eigenvalue weighted by atomic mass is 19.1. The molecule has 0 unspecified atom stereocenters. The van der Waals surface area contributed by atoms with E-state index in [4.69, 9.17) is 0 Å².